The van der Waals surface area contributed by atoms with Crippen LogP contribution in [0.1, 0.15) is 24.5 Å². The molecule has 24 nitrogen and oxygen atoms in total. The van der Waals surface area contributed by atoms with E-state index in [1.165, 1.54) is 36.4 Å². The van der Waals surface area contributed by atoms with Crippen LogP contribution in [0.2, 0.25) is 0 Å². The number of aliphatic hydroxyl groups excluding tert-OH is 1. The van der Waals surface area contributed by atoms with E-state index in [2.05, 4.69) is 41.4 Å². The smallest absolute Gasteiger partial charge is 0.397 e. The molecule has 5 aromatic carbocycles. The van der Waals surface area contributed by atoms with Crippen molar-refractivity contribution >= 4 is 113 Å². The van der Waals surface area contributed by atoms with Crippen LogP contribution in [0.4, 0.5) is 39.8 Å². The number of nitrogen functional groups attached to an aromatic ring is 2. The standard InChI is InChI=1S/C41H38N8O16S5/c1-3-7-24-12-16-33(38(43)37(24)23(2)50)47-45-31-10-4-5-11-34(31)67(54,55)27-9-6-8-25(20-27)44-49-40-36(69(59,60)61)22-29-28(41(40)51)14-15-30(42)39(29)48-46-32-17-13-26(21-35(32)68(56,57)58)66(52,53)19-18-65-70(62,63)64/h3-9,11-17,20-22,31,50-51H,2,10,18-19,42-43H2,1H3,(H,56,57,58)(H,59,60,61)(H,62,63,64)/b7-3-,47-45?,48-46?,49-44?. The Balaban J connectivity index is 1.34. The van der Waals surface area contributed by atoms with Crippen LogP contribution < -0.4 is 11.5 Å². The maximum Gasteiger partial charge on any atom is 0.397 e. The van der Waals surface area contributed by atoms with Gasteiger partial charge in [0.1, 0.15) is 44.3 Å². The summed E-state index contributed by atoms with van der Waals surface area (Å²) in [7, 11) is -24.5. The summed E-state index contributed by atoms with van der Waals surface area (Å²) in [6, 6.07) is 12.3. The Morgan fingerprint density at radius 3 is 2.11 bits per heavy atom. The molecule has 29 heteroatoms. The Kier molecular flexibility index (Phi) is 15.0. The summed E-state index contributed by atoms with van der Waals surface area (Å²) in [4.78, 5) is -3.42. The van der Waals surface area contributed by atoms with Gasteiger partial charge in [-0.3, -0.25) is 13.7 Å². The highest BCUT2D eigenvalue weighted by Crippen LogP contribution is 2.46. The lowest BCUT2D eigenvalue weighted by Gasteiger charge is -2.17. The Labute approximate surface area is 399 Å². The van der Waals surface area contributed by atoms with E-state index in [4.69, 9.17) is 16.0 Å². The molecule has 0 saturated heterocycles. The minimum atomic E-state index is -5.31. The second-order valence-electron chi connectivity index (χ2n) is 14.6. The summed E-state index contributed by atoms with van der Waals surface area (Å²) in [5.41, 5.74) is 10.9. The van der Waals surface area contributed by atoms with Crippen LogP contribution in [-0.2, 0) is 54.5 Å². The molecule has 9 N–H and O–H groups in total. The van der Waals surface area contributed by atoms with Crippen molar-refractivity contribution in [3.8, 4) is 5.75 Å². The first-order valence-electron chi connectivity index (χ1n) is 19.6. The number of aliphatic hydroxyl groups is 1. The maximum atomic E-state index is 14.1. The van der Waals surface area contributed by atoms with E-state index < -0.39 is 106 Å². The third-order valence-corrected chi connectivity index (χ3v) is 15.7. The van der Waals surface area contributed by atoms with Gasteiger partial charge in [0.2, 0.25) is 9.84 Å². The van der Waals surface area contributed by atoms with Gasteiger partial charge in [-0.2, -0.15) is 40.6 Å². The van der Waals surface area contributed by atoms with Gasteiger partial charge in [0.05, 0.1) is 44.1 Å². The molecule has 0 fully saturated rings. The number of hydrogen-bond donors (Lipinski definition) is 7. The molecular weight excluding hydrogens is 1020 g/mol. The van der Waals surface area contributed by atoms with Gasteiger partial charge in [0.25, 0.3) is 20.2 Å². The van der Waals surface area contributed by atoms with Crippen LogP contribution in [0.3, 0.4) is 0 Å². The fourth-order valence-corrected chi connectivity index (χ4v) is 11.1. The molecule has 0 aliphatic heterocycles. The number of hydrogen-bond acceptors (Lipinski definition) is 21. The summed E-state index contributed by atoms with van der Waals surface area (Å²) >= 11 is 0. The quantitative estimate of drug-likeness (QED) is 0.0201. The summed E-state index contributed by atoms with van der Waals surface area (Å²) in [5.74, 6) is -2.31. The molecule has 5 aromatic rings. The highest BCUT2D eigenvalue weighted by atomic mass is 32.3. The molecule has 1 aliphatic rings. The average molecular weight is 1060 g/mol. The highest BCUT2D eigenvalue weighted by Gasteiger charge is 2.30. The molecule has 0 heterocycles. The Morgan fingerprint density at radius 2 is 1.46 bits per heavy atom. The van der Waals surface area contributed by atoms with Gasteiger partial charge in [-0.25, -0.2) is 21.0 Å². The molecule has 0 bridgehead atoms. The van der Waals surface area contributed by atoms with Crippen molar-refractivity contribution in [2.45, 2.75) is 39.0 Å². The predicted molar refractivity (Wildman–Crippen MR) is 255 cm³/mol. The SMILES string of the molecule is C=C(O)c1c(/C=C\C)ccc(N=NC2CC=CC=C2S(=O)(=O)c2cccc(N=Nc3c(S(=O)(=O)O)cc4c(N=Nc5ccc(S(=O)(=O)CCOS(=O)(=O)O)cc5S(=O)(=O)O)c(N)ccc4c3O)c2)c1N. The Hall–Kier alpha value is -7.09. The zero-order valence-corrected chi connectivity index (χ0v) is 39.9. The van der Waals surface area contributed by atoms with Gasteiger partial charge >= 0.3 is 10.4 Å². The number of aromatic hydroxyl groups is 1. The van der Waals surface area contributed by atoms with Crippen LogP contribution in [-0.4, -0.2) is 84.4 Å². The molecular formula is C41H38N8O16S5. The van der Waals surface area contributed by atoms with Crippen molar-refractivity contribution in [1.29, 1.82) is 0 Å². The zero-order chi connectivity index (χ0) is 51.6. The molecule has 0 amide bonds. The third kappa shape index (κ3) is 11.7. The molecule has 0 saturated carbocycles. The molecule has 1 unspecified atom stereocenters. The number of allylic oxidation sites excluding steroid dienone is 3. The van der Waals surface area contributed by atoms with Crippen molar-refractivity contribution in [2.24, 2.45) is 30.7 Å². The number of nitrogens with two attached hydrogens (primary N) is 2. The predicted octanol–water partition coefficient (Wildman–Crippen LogP) is 7.96. The first-order valence-corrected chi connectivity index (χ1v) is 26.9. The fraction of sp³-hybridized carbons (Fsp3) is 0.122. The molecule has 6 rings (SSSR count). The minimum absolute atomic E-state index is 0.0533. The van der Waals surface area contributed by atoms with E-state index in [1.54, 1.807) is 37.3 Å². The average Bonchev–Trinajstić information content (AvgIpc) is 3.27. The first kappa shape index (κ1) is 52.3. The monoisotopic (exact) mass is 1060 g/mol. The third-order valence-electron chi connectivity index (χ3n) is 9.91. The van der Waals surface area contributed by atoms with Gasteiger partial charge in [0.15, 0.2) is 15.6 Å². The van der Waals surface area contributed by atoms with Gasteiger partial charge in [0, 0.05) is 16.3 Å². The molecule has 368 valence electrons. The van der Waals surface area contributed by atoms with E-state index in [1.807, 2.05) is 0 Å². The lowest BCUT2D eigenvalue weighted by molar-refractivity contribution is 0.284. The van der Waals surface area contributed by atoms with Gasteiger partial charge < -0.3 is 21.7 Å². The topological polar surface area (TPSA) is 407 Å². The molecule has 70 heavy (non-hydrogen) atoms. The number of phenols is 1. The van der Waals surface area contributed by atoms with E-state index in [-0.39, 0.29) is 61.1 Å². The second kappa shape index (κ2) is 20.1. The van der Waals surface area contributed by atoms with Crippen LogP contribution in [0.15, 0.2) is 159 Å². The lowest BCUT2D eigenvalue weighted by atomic mass is 10.0. The maximum absolute atomic E-state index is 14.1. The number of rotatable bonds is 17. The Morgan fingerprint density at radius 1 is 0.771 bits per heavy atom. The largest absolute Gasteiger partial charge is 0.508 e. The minimum Gasteiger partial charge on any atom is -0.508 e. The molecule has 0 spiro atoms. The van der Waals surface area contributed by atoms with E-state index >= 15 is 0 Å². The van der Waals surface area contributed by atoms with Gasteiger partial charge in [-0.1, -0.05) is 43.0 Å². The number of sulfone groups is 2. The van der Waals surface area contributed by atoms with Crippen molar-refractivity contribution in [2.75, 3.05) is 23.8 Å². The number of anilines is 2. The van der Waals surface area contributed by atoms with Crippen molar-refractivity contribution < 1.29 is 70.1 Å². The van der Waals surface area contributed by atoms with Crippen molar-refractivity contribution in [3.63, 3.8) is 0 Å². The summed E-state index contributed by atoms with van der Waals surface area (Å²) in [6.07, 6.45) is 8.07. The molecule has 0 aromatic heterocycles. The van der Waals surface area contributed by atoms with Crippen LogP contribution >= 0.6 is 0 Å². The highest BCUT2D eigenvalue weighted by molar-refractivity contribution is 7.95. The Bertz CT molecular complexity index is 3760. The zero-order valence-electron chi connectivity index (χ0n) is 35.8. The molecule has 0 radical (unpaired) electrons. The van der Waals surface area contributed by atoms with Crippen LogP contribution in [0.25, 0.3) is 22.6 Å². The molecule has 1 atom stereocenters. The van der Waals surface area contributed by atoms with Gasteiger partial charge in [-0.05, 0) is 85.6 Å². The number of azo groups is 3. The van der Waals surface area contributed by atoms with E-state index in [0.29, 0.717) is 11.6 Å². The lowest BCUT2D eigenvalue weighted by Crippen LogP contribution is -2.18. The van der Waals surface area contributed by atoms with E-state index in [9.17, 15) is 61.4 Å². The van der Waals surface area contributed by atoms with Crippen LogP contribution in [0.5, 0.6) is 5.75 Å². The fourth-order valence-electron chi connectivity index (χ4n) is 6.69. The molecule has 1 aliphatic carbocycles. The summed E-state index contributed by atoms with van der Waals surface area (Å²) < 4.78 is 159. The van der Waals surface area contributed by atoms with Crippen molar-refractivity contribution in [3.05, 3.63) is 120 Å². The number of benzene rings is 5. The van der Waals surface area contributed by atoms with Crippen LogP contribution in [0, 0.1) is 0 Å². The van der Waals surface area contributed by atoms with E-state index in [0.717, 1.165) is 30.3 Å². The summed E-state index contributed by atoms with van der Waals surface area (Å²) in [5, 5.41) is 45.0. The number of fused-ring (bicyclic) bond motifs is 1. The number of phenolic OH excluding ortho intramolecular Hbond substituents is 1. The van der Waals surface area contributed by atoms with Gasteiger partial charge in [-0.15, -0.1) is 15.3 Å². The second-order valence-corrected chi connectivity index (χ2v) is 22.5. The summed E-state index contributed by atoms with van der Waals surface area (Å²) in [6.45, 7) is 4.27. The normalized spacial score (nSPS) is 15.2. The van der Waals surface area contributed by atoms with Crippen molar-refractivity contribution in [1.82, 2.24) is 0 Å². The first-order chi connectivity index (χ1) is 32.6. The number of nitrogens with zero attached hydrogens (tertiary/aromatic N) is 6.